The van der Waals surface area contributed by atoms with Gasteiger partial charge in [-0.05, 0) is 12.1 Å². The van der Waals surface area contributed by atoms with Crippen LogP contribution in [0.2, 0.25) is 5.02 Å². The molecule has 0 saturated heterocycles. The van der Waals surface area contributed by atoms with Gasteiger partial charge in [0, 0.05) is 18.9 Å². The summed E-state index contributed by atoms with van der Waals surface area (Å²) in [5, 5.41) is 2.77. The van der Waals surface area contributed by atoms with Crippen molar-refractivity contribution in [2.24, 2.45) is 0 Å². The minimum atomic E-state index is -4.04. The topological polar surface area (TPSA) is 29.3 Å². The van der Waals surface area contributed by atoms with Crippen molar-refractivity contribution in [1.29, 1.82) is 0 Å². The molecule has 0 amide bonds. The Kier molecular flexibility index (Phi) is 3.96. The predicted molar refractivity (Wildman–Crippen MR) is 62.9 cm³/mol. The SMILES string of the molecule is FC(F)C(F)(F)CNCc1cn2cc(Cl)ccc2n1. The van der Waals surface area contributed by atoms with Crippen LogP contribution in [0.25, 0.3) is 5.65 Å². The predicted octanol–water partition coefficient (Wildman–Crippen LogP) is 2.98. The second-order valence-electron chi connectivity index (χ2n) is 4.01. The maximum absolute atomic E-state index is 12.7. The minimum absolute atomic E-state index is 0.0262. The fourth-order valence-corrected chi connectivity index (χ4v) is 1.70. The highest BCUT2D eigenvalue weighted by Crippen LogP contribution is 2.21. The zero-order chi connectivity index (χ0) is 14.0. The van der Waals surface area contributed by atoms with Crippen molar-refractivity contribution < 1.29 is 17.6 Å². The second-order valence-corrected chi connectivity index (χ2v) is 4.45. The first-order chi connectivity index (χ1) is 8.88. The van der Waals surface area contributed by atoms with Gasteiger partial charge in [0.25, 0.3) is 0 Å². The molecule has 0 unspecified atom stereocenters. The van der Waals surface area contributed by atoms with Gasteiger partial charge in [-0.3, -0.25) is 0 Å². The van der Waals surface area contributed by atoms with Crippen molar-refractivity contribution in [2.45, 2.75) is 18.9 Å². The molecule has 104 valence electrons. The number of aromatic nitrogens is 2. The van der Waals surface area contributed by atoms with Gasteiger partial charge in [-0.25, -0.2) is 13.8 Å². The van der Waals surface area contributed by atoms with Crippen molar-refractivity contribution in [2.75, 3.05) is 6.54 Å². The van der Waals surface area contributed by atoms with Crippen LogP contribution in [-0.2, 0) is 6.54 Å². The molecule has 19 heavy (non-hydrogen) atoms. The molecule has 0 bridgehead atoms. The highest BCUT2D eigenvalue weighted by molar-refractivity contribution is 6.30. The Morgan fingerprint density at radius 3 is 2.74 bits per heavy atom. The van der Waals surface area contributed by atoms with Crippen LogP contribution in [-0.4, -0.2) is 28.3 Å². The van der Waals surface area contributed by atoms with E-state index in [1.54, 1.807) is 28.9 Å². The van der Waals surface area contributed by atoms with Crippen LogP contribution in [0.4, 0.5) is 17.6 Å². The molecule has 2 heterocycles. The summed E-state index contributed by atoms with van der Waals surface area (Å²) in [6.45, 7) is -1.12. The summed E-state index contributed by atoms with van der Waals surface area (Å²) in [6.07, 6.45) is -0.476. The van der Waals surface area contributed by atoms with Crippen LogP contribution < -0.4 is 5.32 Å². The van der Waals surface area contributed by atoms with E-state index >= 15 is 0 Å². The van der Waals surface area contributed by atoms with Crippen molar-refractivity contribution in [3.8, 4) is 0 Å². The minimum Gasteiger partial charge on any atom is -0.305 e. The Balaban J connectivity index is 1.99. The molecule has 3 nitrogen and oxygen atoms in total. The number of pyridine rings is 1. The van der Waals surface area contributed by atoms with Crippen molar-refractivity contribution >= 4 is 17.2 Å². The molecular weight excluding hydrogens is 286 g/mol. The Labute approximate surface area is 111 Å². The molecule has 2 aromatic rings. The van der Waals surface area contributed by atoms with Crippen LogP contribution in [0, 0.1) is 0 Å². The quantitative estimate of drug-likeness (QED) is 0.859. The average molecular weight is 296 g/mol. The Bertz CT molecular complexity index is 570. The molecule has 0 atom stereocenters. The van der Waals surface area contributed by atoms with Gasteiger partial charge >= 0.3 is 12.3 Å². The first-order valence-corrected chi connectivity index (χ1v) is 5.76. The molecule has 0 aromatic carbocycles. The molecule has 0 fully saturated rings. The standard InChI is InChI=1S/C11H10ClF4N3/c12-7-1-2-9-18-8(5-19(9)4-7)3-17-6-11(15,16)10(13)14/h1-2,4-5,10,17H,3,6H2. The summed E-state index contributed by atoms with van der Waals surface area (Å²) in [5.41, 5.74) is 1.06. The monoisotopic (exact) mass is 295 g/mol. The third-order valence-electron chi connectivity index (χ3n) is 2.45. The molecule has 0 aliphatic carbocycles. The number of alkyl halides is 4. The van der Waals surface area contributed by atoms with Gasteiger partial charge in [-0.15, -0.1) is 0 Å². The highest BCUT2D eigenvalue weighted by Gasteiger charge is 2.39. The van der Waals surface area contributed by atoms with Gasteiger partial charge in [-0.2, -0.15) is 8.78 Å². The lowest BCUT2D eigenvalue weighted by molar-refractivity contribution is -0.125. The van der Waals surface area contributed by atoms with Gasteiger partial charge < -0.3 is 9.72 Å². The van der Waals surface area contributed by atoms with E-state index in [-0.39, 0.29) is 6.54 Å². The van der Waals surface area contributed by atoms with Crippen molar-refractivity contribution in [3.05, 3.63) is 35.2 Å². The number of hydrogen-bond acceptors (Lipinski definition) is 2. The summed E-state index contributed by atoms with van der Waals surface area (Å²) < 4.78 is 50.8. The van der Waals surface area contributed by atoms with Crippen LogP contribution >= 0.6 is 11.6 Å². The molecule has 2 aromatic heterocycles. The Morgan fingerprint density at radius 1 is 1.32 bits per heavy atom. The Hall–Kier alpha value is -1.34. The van der Waals surface area contributed by atoms with Gasteiger partial charge in [-0.1, -0.05) is 11.6 Å². The third-order valence-corrected chi connectivity index (χ3v) is 2.67. The largest absolute Gasteiger partial charge is 0.319 e. The average Bonchev–Trinajstić information content (AvgIpc) is 2.70. The number of nitrogens with zero attached hydrogens (tertiary/aromatic N) is 2. The lowest BCUT2D eigenvalue weighted by Crippen LogP contribution is -2.38. The fraction of sp³-hybridized carbons (Fsp3) is 0.364. The molecule has 2 rings (SSSR count). The zero-order valence-electron chi connectivity index (χ0n) is 9.59. The summed E-state index contributed by atoms with van der Waals surface area (Å²) in [4.78, 5) is 4.13. The van der Waals surface area contributed by atoms with Crippen molar-refractivity contribution in [1.82, 2.24) is 14.7 Å². The smallest absolute Gasteiger partial charge is 0.305 e. The molecule has 0 radical (unpaired) electrons. The van der Waals surface area contributed by atoms with E-state index in [1.807, 2.05) is 0 Å². The molecule has 8 heteroatoms. The van der Waals surface area contributed by atoms with Crippen LogP contribution in [0.5, 0.6) is 0 Å². The maximum Gasteiger partial charge on any atom is 0.319 e. The van der Waals surface area contributed by atoms with Crippen LogP contribution in [0.15, 0.2) is 24.5 Å². The van der Waals surface area contributed by atoms with E-state index < -0.39 is 18.9 Å². The summed E-state index contributed by atoms with van der Waals surface area (Å²) in [5.74, 6) is -4.04. The number of imidazole rings is 1. The molecule has 0 saturated carbocycles. The number of nitrogens with one attached hydrogen (secondary N) is 1. The van der Waals surface area contributed by atoms with Gasteiger partial charge in [0.15, 0.2) is 0 Å². The summed E-state index contributed by atoms with van der Waals surface area (Å²) in [7, 11) is 0. The van der Waals surface area contributed by atoms with E-state index in [0.29, 0.717) is 16.4 Å². The summed E-state index contributed by atoms with van der Waals surface area (Å²) >= 11 is 5.78. The van der Waals surface area contributed by atoms with Crippen molar-refractivity contribution in [3.63, 3.8) is 0 Å². The summed E-state index contributed by atoms with van der Waals surface area (Å²) in [6, 6.07) is 3.31. The van der Waals surface area contributed by atoms with Gasteiger partial charge in [0.2, 0.25) is 0 Å². The highest BCUT2D eigenvalue weighted by atomic mass is 35.5. The molecule has 0 aliphatic heterocycles. The Morgan fingerprint density at radius 2 is 2.05 bits per heavy atom. The molecular formula is C11H10ClF4N3. The van der Waals surface area contributed by atoms with Crippen LogP contribution in [0.1, 0.15) is 5.69 Å². The van der Waals surface area contributed by atoms with E-state index in [4.69, 9.17) is 11.6 Å². The number of fused-ring (bicyclic) bond motifs is 1. The number of halogens is 5. The first kappa shape index (κ1) is 14.1. The fourth-order valence-electron chi connectivity index (χ4n) is 1.54. The van der Waals surface area contributed by atoms with E-state index in [0.717, 1.165) is 0 Å². The third kappa shape index (κ3) is 3.36. The zero-order valence-corrected chi connectivity index (χ0v) is 10.3. The normalized spacial score (nSPS) is 12.5. The maximum atomic E-state index is 12.7. The van der Waals surface area contributed by atoms with Crippen LogP contribution in [0.3, 0.4) is 0 Å². The van der Waals surface area contributed by atoms with E-state index in [9.17, 15) is 17.6 Å². The van der Waals surface area contributed by atoms with E-state index in [1.165, 1.54) is 0 Å². The first-order valence-electron chi connectivity index (χ1n) is 5.38. The number of hydrogen-bond donors (Lipinski definition) is 1. The lowest BCUT2D eigenvalue weighted by atomic mass is 10.3. The second kappa shape index (κ2) is 5.34. The van der Waals surface area contributed by atoms with Gasteiger partial charge in [0.1, 0.15) is 5.65 Å². The van der Waals surface area contributed by atoms with Gasteiger partial charge in [0.05, 0.1) is 17.3 Å². The van der Waals surface area contributed by atoms with E-state index in [2.05, 4.69) is 10.3 Å². The molecule has 0 aliphatic rings. The molecule has 1 N–H and O–H groups in total. The number of rotatable bonds is 5. The lowest BCUT2D eigenvalue weighted by Gasteiger charge is -2.15. The molecule has 0 spiro atoms.